The molecular formula is C15H20N4O2S. The van der Waals surface area contributed by atoms with Gasteiger partial charge in [-0.15, -0.1) is 0 Å². The molecule has 2 aromatic heterocycles. The zero-order valence-corrected chi connectivity index (χ0v) is 14.1. The van der Waals surface area contributed by atoms with Gasteiger partial charge < -0.3 is 0 Å². The molecule has 0 saturated heterocycles. The summed E-state index contributed by atoms with van der Waals surface area (Å²) in [6.07, 6.45) is 1.70. The molecule has 22 heavy (non-hydrogen) atoms. The van der Waals surface area contributed by atoms with Gasteiger partial charge in [-0.3, -0.25) is 9.67 Å². The van der Waals surface area contributed by atoms with Gasteiger partial charge in [-0.2, -0.15) is 9.40 Å². The van der Waals surface area contributed by atoms with Gasteiger partial charge in [-0.1, -0.05) is 6.07 Å². The molecule has 0 spiro atoms. The smallest absolute Gasteiger partial charge is 0.247 e. The number of rotatable bonds is 3. The van der Waals surface area contributed by atoms with Crippen molar-refractivity contribution in [3.8, 4) is 0 Å². The third-order valence-corrected chi connectivity index (χ3v) is 6.05. The first-order valence-corrected chi connectivity index (χ1v) is 8.75. The Morgan fingerprint density at radius 3 is 2.55 bits per heavy atom. The maximum absolute atomic E-state index is 13.0. The second-order valence-corrected chi connectivity index (χ2v) is 7.80. The molecule has 0 atom stereocenters. The van der Waals surface area contributed by atoms with Crippen LogP contribution in [0.4, 0.5) is 0 Å². The highest BCUT2D eigenvalue weighted by atomic mass is 32.2. The number of aryl methyl sites for hydroxylation is 1. The van der Waals surface area contributed by atoms with Crippen LogP contribution in [-0.4, -0.2) is 27.5 Å². The molecule has 2 aromatic rings. The Morgan fingerprint density at radius 1 is 1.23 bits per heavy atom. The molecule has 3 heterocycles. The molecule has 0 radical (unpaired) electrons. The topological polar surface area (TPSA) is 68.1 Å². The highest BCUT2D eigenvalue weighted by Gasteiger charge is 2.35. The third-order valence-electron chi connectivity index (χ3n) is 4.00. The molecule has 0 fully saturated rings. The molecule has 1 aliphatic heterocycles. The van der Waals surface area contributed by atoms with Crippen molar-refractivity contribution in [3.63, 3.8) is 0 Å². The Kier molecular flexibility index (Phi) is 3.57. The van der Waals surface area contributed by atoms with Gasteiger partial charge >= 0.3 is 0 Å². The van der Waals surface area contributed by atoms with Crippen LogP contribution in [0.1, 0.15) is 42.5 Å². The number of hydrogen-bond acceptors (Lipinski definition) is 4. The maximum atomic E-state index is 13.0. The lowest BCUT2D eigenvalue weighted by Crippen LogP contribution is -2.26. The van der Waals surface area contributed by atoms with Crippen LogP contribution in [0.2, 0.25) is 0 Å². The minimum atomic E-state index is -3.57. The van der Waals surface area contributed by atoms with Crippen LogP contribution in [-0.2, 0) is 23.1 Å². The maximum Gasteiger partial charge on any atom is 0.247 e. The van der Waals surface area contributed by atoms with Crippen molar-refractivity contribution < 1.29 is 8.42 Å². The van der Waals surface area contributed by atoms with Gasteiger partial charge in [0, 0.05) is 18.8 Å². The van der Waals surface area contributed by atoms with E-state index in [9.17, 15) is 8.42 Å². The Hall–Kier alpha value is -1.73. The van der Waals surface area contributed by atoms with Gasteiger partial charge in [0.25, 0.3) is 0 Å². The van der Waals surface area contributed by atoms with Crippen LogP contribution in [0.15, 0.2) is 23.2 Å². The summed E-state index contributed by atoms with van der Waals surface area (Å²) in [5.41, 5.74) is 3.04. The van der Waals surface area contributed by atoms with Crippen molar-refractivity contribution >= 4 is 10.0 Å². The minimum Gasteiger partial charge on any atom is -0.266 e. The standard InChI is InChI=1S/C15H20N4O2S/c1-10(2)19-12(4)15(11(3)17-19)22(20,21)18-8-13-6-5-7-16-14(13)9-18/h5-7,10H,8-9H2,1-4H3. The summed E-state index contributed by atoms with van der Waals surface area (Å²) in [6.45, 7) is 8.24. The first-order valence-electron chi connectivity index (χ1n) is 7.31. The lowest BCUT2D eigenvalue weighted by Gasteiger charge is -2.16. The summed E-state index contributed by atoms with van der Waals surface area (Å²) < 4.78 is 29.3. The average Bonchev–Trinajstić information content (AvgIpc) is 3.00. The van der Waals surface area contributed by atoms with Crippen molar-refractivity contribution in [3.05, 3.63) is 41.0 Å². The lowest BCUT2D eigenvalue weighted by molar-refractivity contribution is 0.428. The highest BCUT2D eigenvalue weighted by Crippen LogP contribution is 2.31. The normalized spacial score (nSPS) is 15.5. The molecular weight excluding hydrogens is 300 g/mol. The van der Waals surface area contributed by atoms with Crippen molar-refractivity contribution in [1.29, 1.82) is 0 Å². The highest BCUT2D eigenvalue weighted by molar-refractivity contribution is 7.89. The number of hydrogen-bond donors (Lipinski definition) is 0. The van der Waals surface area contributed by atoms with Crippen LogP contribution >= 0.6 is 0 Å². The summed E-state index contributed by atoms with van der Waals surface area (Å²) >= 11 is 0. The number of aromatic nitrogens is 3. The van der Waals surface area contributed by atoms with Crippen LogP contribution in [0, 0.1) is 13.8 Å². The van der Waals surface area contributed by atoms with Crippen LogP contribution in [0.25, 0.3) is 0 Å². The van der Waals surface area contributed by atoms with Crippen molar-refractivity contribution in [2.75, 3.05) is 0 Å². The SMILES string of the molecule is Cc1nn(C(C)C)c(C)c1S(=O)(=O)N1Cc2cccnc2C1. The third kappa shape index (κ3) is 2.24. The van der Waals surface area contributed by atoms with E-state index in [0.29, 0.717) is 29.4 Å². The Morgan fingerprint density at radius 2 is 1.95 bits per heavy atom. The van der Waals surface area contributed by atoms with E-state index in [0.717, 1.165) is 11.3 Å². The fourth-order valence-electron chi connectivity index (χ4n) is 2.99. The molecule has 118 valence electrons. The average molecular weight is 320 g/mol. The van der Waals surface area contributed by atoms with E-state index in [2.05, 4.69) is 10.1 Å². The second-order valence-electron chi connectivity index (χ2n) is 5.92. The summed E-state index contributed by atoms with van der Waals surface area (Å²) in [6, 6.07) is 3.89. The minimum absolute atomic E-state index is 0.125. The Bertz CT molecular complexity index is 799. The first kappa shape index (κ1) is 15.2. The number of nitrogens with zero attached hydrogens (tertiary/aromatic N) is 4. The van der Waals surface area contributed by atoms with Crippen LogP contribution in [0.3, 0.4) is 0 Å². The van der Waals surface area contributed by atoms with E-state index in [-0.39, 0.29) is 6.04 Å². The van der Waals surface area contributed by atoms with Crippen molar-refractivity contribution in [2.45, 2.75) is 51.7 Å². The second kappa shape index (κ2) is 5.17. The van der Waals surface area contributed by atoms with E-state index >= 15 is 0 Å². The van der Waals surface area contributed by atoms with E-state index in [1.54, 1.807) is 17.8 Å². The summed E-state index contributed by atoms with van der Waals surface area (Å²) in [5, 5.41) is 4.39. The summed E-state index contributed by atoms with van der Waals surface area (Å²) in [7, 11) is -3.57. The zero-order chi connectivity index (χ0) is 16.1. The van der Waals surface area contributed by atoms with Gasteiger partial charge in [-0.25, -0.2) is 8.42 Å². The number of pyridine rings is 1. The lowest BCUT2D eigenvalue weighted by atomic mass is 10.2. The van der Waals surface area contributed by atoms with Crippen molar-refractivity contribution in [1.82, 2.24) is 19.1 Å². The summed E-state index contributed by atoms with van der Waals surface area (Å²) in [4.78, 5) is 4.60. The predicted molar refractivity (Wildman–Crippen MR) is 82.8 cm³/mol. The van der Waals surface area contributed by atoms with E-state index < -0.39 is 10.0 Å². The van der Waals surface area contributed by atoms with E-state index in [4.69, 9.17) is 0 Å². The molecule has 0 aromatic carbocycles. The van der Waals surface area contributed by atoms with Gasteiger partial charge in [-0.05, 0) is 39.3 Å². The van der Waals surface area contributed by atoms with Crippen LogP contribution < -0.4 is 0 Å². The van der Waals surface area contributed by atoms with E-state index in [1.807, 2.05) is 32.9 Å². The monoisotopic (exact) mass is 320 g/mol. The fraction of sp³-hybridized carbons (Fsp3) is 0.467. The zero-order valence-electron chi connectivity index (χ0n) is 13.2. The Balaban J connectivity index is 2.03. The van der Waals surface area contributed by atoms with Crippen molar-refractivity contribution in [2.24, 2.45) is 0 Å². The summed E-state index contributed by atoms with van der Waals surface area (Å²) in [5.74, 6) is 0. The molecule has 0 N–H and O–H groups in total. The molecule has 0 saturated carbocycles. The quantitative estimate of drug-likeness (QED) is 0.869. The molecule has 0 bridgehead atoms. The van der Waals surface area contributed by atoms with Gasteiger partial charge in [0.1, 0.15) is 4.90 Å². The van der Waals surface area contributed by atoms with E-state index in [1.165, 1.54) is 4.31 Å². The predicted octanol–water partition coefficient (Wildman–Crippen LogP) is 2.18. The fourth-order valence-corrected chi connectivity index (χ4v) is 4.73. The number of fused-ring (bicyclic) bond motifs is 1. The number of sulfonamides is 1. The Labute approximate surface area is 130 Å². The van der Waals surface area contributed by atoms with Gasteiger partial charge in [0.05, 0.1) is 23.6 Å². The molecule has 0 amide bonds. The molecule has 0 aliphatic carbocycles. The molecule has 1 aliphatic rings. The molecule has 0 unspecified atom stereocenters. The molecule has 6 nitrogen and oxygen atoms in total. The van der Waals surface area contributed by atoms with Gasteiger partial charge in [0.2, 0.25) is 10.0 Å². The van der Waals surface area contributed by atoms with Gasteiger partial charge in [0.15, 0.2) is 0 Å². The largest absolute Gasteiger partial charge is 0.266 e. The first-order chi connectivity index (χ1) is 10.3. The molecule has 7 heteroatoms. The molecule has 3 rings (SSSR count). The van der Waals surface area contributed by atoms with Crippen LogP contribution in [0.5, 0.6) is 0 Å².